The lowest BCUT2D eigenvalue weighted by molar-refractivity contribution is 0.114. The van der Waals surface area contributed by atoms with Gasteiger partial charge in [0.1, 0.15) is 6.61 Å². The smallest absolute Gasteiger partial charge is 0.231 e. The van der Waals surface area contributed by atoms with Crippen molar-refractivity contribution in [1.82, 2.24) is 15.5 Å². The van der Waals surface area contributed by atoms with E-state index < -0.39 is 0 Å². The van der Waals surface area contributed by atoms with Crippen LogP contribution in [-0.4, -0.2) is 29.3 Å². The van der Waals surface area contributed by atoms with Crippen LogP contribution in [0.25, 0.3) is 0 Å². The Morgan fingerprint density at radius 3 is 2.86 bits per heavy atom. The van der Waals surface area contributed by atoms with Crippen molar-refractivity contribution in [2.75, 3.05) is 13.2 Å². The van der Waals surface area contributed by atoms with Crippen molar-refractivity contribution < 1.29 is 9.26 Å². The lowest BCUT2D eigenvalue weighted by Crippen LogP contribution is -2.35. The monoisotopic (exact) mass is 295 g/mol. The SMILES string of the molecule is CCCNC1CCCCCC1c1nc(COCCC)no1. The molecule has 1 aromatic heterocycles. The van der Waals surface area contributed by atoms with E-state index in [0.717, 1.165) is 38.3 Å². The summed E-state index contributed by atoms with van der Waals surface area (Å²) in [5.41, 5.74) is 0. The summed E-state index contributed by atoms with van der Waals surface area (Å²) < 4.78 is 11.0. The number of nitrogens with one attached hydrogen (secondary N) is 1. The topological polar surface area (TPSA) is 60.2 Å². The Balaban J connectivity index is 1.98. The van der Waals surface area contributed by atoms with Crippen LogP contribution in [0.4, 0.5) is 0 Å². The third-order valence-electron chi connectivity index (χ3n) is 4.05. The van der Waals surface area contributed by atoms with Gasteiger partial charge in [0.25, 0.3) is 0 Å². The van der Waals surface area contributed by atoms with Crippen molar-refractivity contribution in [2.45, 2.75) is 77.4 Å². The lowest BCUT2D eigenvalue weighted by Gasteiger charge is -2.23. The first-order chi connectivity index (χ1) is 10.3. The Hall–Kier alpha value is -0.940. The van der Waals surface area contributed by atoms with Crippen LogP contribution in [0.1, 0.15) is 76.4 Å². The zero-order valence-corrected chi connectivity index (χ0v) is 13.4. The van der Waals surface area contributed by atoms with Gasteiger partial charge < -0.3 is 14.6 Å². The van der Waals surface area contributed by atoms with Gasteiger partial charge in [0.05, 0.1) is 5.92 Å². The highest BCUT2D eigenvalue weighted by atomic mass is 16.5. The first kappa shape index (κ1) is 16.4. The fraction of sp³-hybridized carbons (Fsp3) is 0.875. The van der Waals surface area contributed by atoms with Crippen LogP contribution in [0.3, 0.4) is 0 Å². The molecule has 0 radical (unpaired) electrons. The Morgan fingerprint density at radius 2 is 2.05 bits per heavy atom. The van der Waals surface area contributed by atoms with E-state index in [1.807, 2.05) is 0 Å². The average Bonchev–Trinajstić information content (AvgIpc) is 2.83. The molecule has 2 atom stereocenters. The lowest BCUT2D eigenvalue weighted by atomic mass is 9.94. The molecule has 1 heterocycles. The van der Waals surface area contributed by atoms with Gasteiger partial charge in [0.15, 0.2) is 5.82 Å². The van der Waals surface area contributed by atoms with Gasteiger partial charge in [-0.2, -0.15) is 4.98 Å². The van der Waals surface area contributed by atoms with Gasteiger partial charge in [-0.05, 0) is 32.2 Å². The van der Waals surface area contributed by atoms with E-state index in [1.165, 1.54) is 25.7 Å². The molecule has 0 saturated heterocycles. The third kappa shape index (κ3) is 5.08. The minimum Gasteiger partial charge on any atom is -0.373 e. The molecule has 0 spiro atoms. The molecule has 1 N–H and O–H groups in total. The fourth-order valence-corrected chi connectivity index (χ4v) is 2.96. The Bertz CT molecular complexity index is 395. The molecular weight excluding hydrogens is 266 g/mol. The van der Waals surface area contributed by atoms with Crippen LogP contribution in [0.5, 0.6) is 0 Å². The standard InChI is InChI=1S/C16H29N3O2/c1-3-10-17-14-9-7-5-6-8-13(14)16-18-15(19-21-16)12-20-11-4-2/h13-14,17H,3-12H2,1-2H3. The van der Waals surface area contributed by atoms with Crippen LogP contribution in [0, 0.1) is 0 Å². The van der Waals surface area contributed by atoms with Crippen LogP contribution >= 0.6 is 0 Å². The van der Waals surface area contributed by atoms with Crippen molar-refractivity contribution in [2.24, 2.45) is 0 Å². The molecule has 2 rings (SSSR count). The zero-order chi connectivity index (χ0) is 14.9. The van der Waals surface area contributed by atoms with E-state index in [2.05, 4.69) is 29.3 Å². The van der Waals surface area contributed by atoms with Gasteiger partial charge in [-0.1, -0.05) is 38.3 Å². The molecule has 5 nitrogen and oxygen atoms in total. The summed E-state index contributed by atoms with van der Waals surface area (Å²) in [5.74, 6) is 1.82. The molecule has 0 amide bonds. The van der Waals surface area contributed by atoms with Crippen molar-refractivity contribution in [3.63, 3.8) is 0 Å². The van der Waals surface area contributed by atoms with E-state index in [-0.39, 0.29) is 0 Å². The van der Waals surface area contributed by atoms with Crippen LogP contribution < -0.4 is 5.32 Å². The first-order valence-electron chi connectivity index (χ1n) is 8.48. The Morgan fingerprint density at radius 1 is 1.19 bits per heavy atom. The first-order valence-corrected chi connectivity index (χ1v) is 8.48. The maximum absolute atomic E-state index is 5.52. The minimum atomic E-state index is 0.353. The fourth-order valence-electron chi connectivity index (χ4n) is 2.96. The maximum Gasteiger partial charge on any atom is 0.231 e. The van der Waals surface area contributed by atoms with E-state index in [9.17, 15) is 0 Å². The average molecular weight is 295 g/mol. The number of hydrogen-bond acceptors (Lipinski definition) is 5. The predicted octanol–water partition coefficient (Wildman–Crippen LogP) is 3.41. The zero-order valence-electron chi connectivity index (χ0n) is 13.4. The molecule has 1 aliphatic carbocycles. The predicted molar refractivity (Wildman–Crippen MR) is 82.2 cm³/mol. The third-order valence-corrected chi connectivity index (χ3v) is 4.05. The van der Waals surface area contributed by atoms with Crippen LogP contribution in [-0.2, 0) is 11.3 Å². The molecule has 1 saturated carbocycles. The second-order valence-corrected chi connectivity index (χ2v) is 5.91. The molecule has 120 valence electrons. The van der Waals surface area contributed by atoms with Gasteiger partial charge in [-0.3, -0.25) is 0 Å². The van der Waals surface area contributed by atoms with Crippen molar-refractivity contribution in [3.05, 3.63) is 11.7 Å². The highest BCUT2D eigenvalue weighted by molar-refractivity contribution is 5.00. The molecule has 1 fully saturated rings. The van der Waals surface area contributed by atoms with E-state index in [4.69, 9.17) is 9.26 Å². The van der Waals surface area contributed by atoms with Crippen LogP contribution in [0.2, 0.25) is 0 Å². The maximum atomic E-state index is 5.52. The molecular formula is C16H29N3O2. The second kappa shape index (κ2) is 9.15. The van der Waals surface area contributed by atoms with Gasteiger partial charge in [-0.25, -0.2) is 0 Å². The summed E-state index contributed by atoms with van der Waals surface area (Å²) in [6, 6.07) is 0.470. The highest BCUT2D eigenvalue weighted by Gasteiger charge is 2.29. The summed E-state index contributed by atoms with van der Waals surface area (Å²) in [5, 5.41) is 7.73. The van der Waals surface area contributed by atoms with E-state index >= 15 is 0 Å². The molecule has 1 aromatic rings. The van der Waals surface area contributed by atoms with Gasteiger partial charge in [0.2, 0.25) is 5.89 Å². The number of rotatable bonds is 8. The number of aromatic nitrogens is 2. The summed E-state index contributed by atoms with van der Waals surface area (Å²) >= 11 is 0. The summed E-state index contributed by atoms with van der Waals surface area (Å²) in [7, 11) is 0. The van der Waals surface area contributed by atoms with E-state index in [1.54, 1.807) is 0 Å². The van der Waals surface area contributed by atoms with Gasteiger partial charge >= 0.3 is 0 Å². The normalized spacial score (nSPS) is 23.1. The molecule has 1 aliphatic rings. The van der Waals surface area contributed by atoms with Crippen LogP contribution in [0.15, 0.2) is 4.52 Å². The van der Waals surface area contributed by atoms with E-state index in [0.29, 0.717) is 24.4 Å². The minimum absolute atomic E-state index is 0.353. The van der Waals surface area contributed by atoms with Crippen molar-refractivity contribution >= 4 is 0 Å². The molecule has 2 unspecified atom stereocenters. The highest BCUT2D eigenvalue weighted by Crippen LogP contribution is 2.31. The number of ether oxygens (including phenoxy) is 1. The number of nitrogens with zero attached hydrogens (tertiary/aromatic N) is 2. The summed E-state index contributed by atoms with van der Waals surface area (Å²) in [6.45, 7) is 6.55. The van der Waals surface area contributed by atoms with Crippen molar-refractivity contribution in [1.29, 1.82) is 0 Å². The van der Waals surface area contributed by atoms with Gasteiger partial charge in [0, 0.05) is 12.6 Å². The summed E-state index contributed by atoms with van der Waals surface area (Å²) in [6.07, 6.45) is 8.35. The molecule has 0 aromatic carbocycles. The van der Waals surface area contributed by atoms with Gasteiger partial charge in [-0.15, -0.1) is 0 Å². The van der Waals surface area contributed by atoms with Crippen molar-refractivity contribution in [3.8, 4) is 0 Å². The Kier molecular flexibility index (Phi) is 7.16. The quantitative estimate of drug-likeness (QED) is 0.588. The largest absolute Gasteiger partial charge is 0.373 e. The molecule has 5 heteroatoms. The summed E-state index contributed by atoms with van der Waals surface area (Å²) in [4.78, 5) is 4.56. The number of hydrogen-bond donors (Lipinski definition) is 1. The molecule has 0 aliphatic heterocycles. The Labute approximate surface area is 127 Å². The molecule has 0 bridgehead atoms. The second-order valence-electron chi connectivity index (χ2n) is 5.91. The molecule has 21 heavy (non-hydrogen) atoms.